The molecule has 2 N–H and O–H groups in total. The van der Waals surface area contributed by atoms with Crippen LogP contribution < -0.4 is 5.73 Å². The van der Waals surface area contributed by atoms with E-state index in [4.69, 9.17) is 5.73 Å². The van der Waals surface area contributed by atoms with Gasteiger partial charge in [-0.3, -0.25) is 0 Å². The maximum Gasteiger partial charge on any atom is 0.191 e. The second-order valence-corrected chi connectivity index (χ2v) is 7.42. The van der Waals surface area contributed by atoms with Crippen LogP contribution in [0.5, 0.6) is 0 Å². The van der Waals surface area contributed by atoms with Crippen LogP contribution in [0.4, 0.5) is 0 Å². The van der Waals surface area contributed by atoms with Crippen LogP contribution in [-0.2, 0) is 0 Å². The van der Waals surface area contributed by atoms with Gasteiger partial charge in [0.2, 0.25) is 0 Å². The summed E-state index contributed by atoms with van der Waals surface area (Å²) in [5.74, 6) is -0.396. The zero-order valence-corrected chi connectivity index (χ0v) is 15.4. The second-order valence-electron chi connectivity index (χ2n) is 7.42. The van der Waals surface area contributed by atoms with E-state index in [2.05, 4.69) is 36.4 Å². The minimum absolute atomic E-state index is 0.0369. The zero-order chi connectivity index (χ0) is 19.1. The van der Waals surface area contributed by atoms with E-state index in [0.29, 0.717) is 5.57 Å². The summed E-state index contributed by atoms with van der Waals surface area (Å²) in [6.07, 6.45) is 4.81. The van der Waals surface area contributed by atoms with Gasteiger partial charge in [0.25, 0.3) is 0 Å². The molecule has 0 spiro atoms. The topological polar surface area (TPSA) is 97.4 Å². The van der Waals surface area contributed by atoms with Crippen molar-refractivity contribution in [1.29, 1.82) is 15.8 Å². The maximum absolute atomic E-state index is 10.1. The molecule has 0 saturated heterocycles. The van der Waals surface area contributed by atoms with Crippen molar-refractivity contribution in [3.8, 4) is 18.2 Å². The summed E-state index contributed by atoms with van der Waals surface area (Å²) >= 11 is 0. The van der Waals surface area contributed by atoms with Gasteiger partial charge in [-0.15, -0.1) is 0 Å². The van der Waals surface area contributed by atoms with Crippen molar-refractivity contribution in [2.75, 3.05) is 0 Å². The lowest BCUT2D eigenvalue weighted by molar-refractivity contribution is 0.315. The van der Waals surface area contributed by atoms with E-state index in [1.165, 1.54) is 0 Å². The minimum Gasteiger partial charge on any atom is -0.399 e. The van der Waals surface area contributed by atoms with E-state index >= 15 is 0 Å². The predicted molar refractivity (Wildman–Crippen MR) is 99.3 cm³/mol. The fraction of sp³-hybridized carbons (Fsp3) is 0.409. The van der Waals surface area contributed by atoms with Gasteiger partial charge in [-0.25, -0.2) is 0 Å². The van der Waals surface area contributed by atoms with Crippen LogP contribution >= 0.6 is 0 Å². The quantitative estimate of drug-likeness (QED) is 0.826. The predicted octanol–water partition coefficient (Wildman–Crippen LogP) is 4.21. The zero-order valence-electron chi connectivity index (χ0n) is 15.4. The van der Waals surface area contributed by atoms with Crippen molar-refractivity contribution in [3.63, 3.8) is 0 Å². The highest BCUT2D eigenvalue weighted by Crippen LogP contribution is 2.56. The first-order chi connectivity index (χ1) is 12.4. The lowest BCUT2D eigenvalue weighted by Gasteiger charge is -2.44. The molecule has 1 aromatic rings. The SMILES string of the molecule is Cc1cc(C)c([C@@H]2[C@@H]3CCCC=C3C(C#N)=C(N)C2(C#N)C#N)c(C)c1. The number of fused-ring (bicyclic) bond motifs is 1. The summed E-state index contributed by atoms with van der Waals surface area (Å²) in [4.78, 5) is 0. The summed E-state index contributed by atoms with van der Waals surface area (Å²) in [6.45, 7) is 6.10. The Hall–Kier alpha value is -3.03. The van der Waals surface area contributed by atoms with Crippen molar-refractivity contribution < 1.29 is 0 Å². The average molecular weight is 342 g/mol. The van der Waals surface area contributed by atoms with E-state index in [1.807, 2.05) is 20.8 Å². The molecule has 4 nitrogen and oxygen atoms in total. The van der Waals surface area contributed by atoms with Gasteiger partial charge in [0.05, 0.1) is 23.4 Å². The number of aryl methyl sites for hydroxylation is 3. The first-order valence-electron chi connectivity index (χ1n) is 8.92. The largest absolute Gasteiger partial charge is 0.399 e. The number of nitrogens with zero attached hydrogens (tertiary/aromatic N) is 3. The van der Waals surface area contributed by atoms with Gasteiger partial charge < -0.3 is 5.73 Å². The van der Waals surface area contributed by atoms with Gasteiger partial charge >= 0.3 is 0 Å². The second kappa shape index (κ2) is 6.36. The van der Waals surface area contributed by atoms with Crippen LogP contribution in [0.3, 0.4) is 0 Å². The molecule has 3 rings (SSSR count). The molecule has 26 heavy (non-hydrogen) atoms. The smallest absolute Gasteiger partial charge is 0.191 e. The number of hydrogen-bond acceptors (Lipinski definition) is 4. The monoisotopic (exact) mass is 342 g/mol. The molecule has 2 atom stereocenters. The summed E-state index contributed by atoms with van der Waals surface area (Å²) in [5, 5.41) is 29.8. The number of hydrogen-bond donors (Lipinski definition) is 1. The third-order valence-corrected chi connectivity index (χ3v) is 5.85. The van der Waals surface area contributed by atoms with Crippen LogP contribution in [0.1, 0.15) is 47.4 Å². The van der Waals surface area contributed by atoms with Crippen molar-refractivity contribution in [2.24, 2.45) is 17.1 Å². The molecule has 0 bridgehead atoms. The molecule has 0 saturated carbocycles. The molecule has 130 valence electrons. The van der Waals surface area contributed by atoms with Crippen molar-refractivity contribution in [1.82, 2.24) is 0 Å². The van der Waals surface area contributed by atoms with Crippen LogP contribution in [0, 0.1) is 66.1 Å². The third-order valence-electron chi connectivity index (χ3n) is 5.85. The molecule has 0 heterocycles. The highest BCUT2D eigenvalue weighted by molar-refractivity contribution is 5.60. The average Bonchev–Trinajstić information content (AvgIpc) is 2.61. The normalized spacial score (nSPS) is 23.9. The molecule has 1 aromatic carbocycles. The fourth-order valence-electron chi connectivity index (χ4n) is 4.87. The van der Waals surface area contributed by atoms with E-state index in [-0.39, 0.29) is 17.5 Å². The number of nitriles is 3. The van der Waals surface area contributed by atoms with Gasteiger partial charge in [-0.1, -0.05) is 23.8 Å². The van der Waals surface area contributed by atoms with Crippen LogP contribution in [-0.4, -0.2) is 0 Å². The Kier molecular flexibility index (Phi) is 4.35. The number of rotatable bonds is 1. The molecule has 2 aliphatic carbocycles. The molecular weight excluding hydrogens is 320 g/mol. The van der Waals surface area contributed by atoms with Gasteiger partial charge in [0, 0.05) is 5.92 Å². The number of allylic oxidation sites excluding steroid dienone is 4. The summed E-state index contributed by atoms with van der Waals surface area (Å²) in [5.41, 5.74) is 10.5. The maximum atomic E-state index is 10.1. The third kappa shape index (κ3) is 2.33. The van der Waals surface area contributed by atoms with Crippen molar-refractivity contribution in [2.45, 2.75) is 46.0 Å². The fourth-order valence-corrected chi connectivity index (χ4v) is 4.87. The standard InChI is InChI=1S/C22H22N4/c1-13-8-14(2)19(15(3)9-13)20-17-7-5-4-6-16(17)18(10-23)21(26)22(20,11-24)12-25/h6,8-9,17,20H,4-5,7,26H2,1-3H3/t17-,20+/m1/s1. The molecule has 2 aliphatic rings. The summed E-state index contributed by atoms with van der Waals surface area (Å²) in [7, 11) is 0. The van der Waals surface area contributed by atoms with Gasteiger partial charge in [0.15, 0.2) is 5.41 Å². The molecule has 0 fully saturated rings. The Bertz CT molecular complexity index is 922. The number of nitrogens with two attached hydrogens (primary N) is 1. The minimum atomic E-state index is -1.52. The van der Waals surface area contributed by atoms with Crippen LogP contribution in [0.25, 0.3) is 0 Å². The summed E-state index contributed by atoms with van der Waals surface area (Å²) in [6, 6.07) is 10.8. The Morgan fingerprint density at radius 2 is 1.69 bits per heavy atom. The molecule has 0 amide bonds. The van der Waals surface area contributed by atoms with E-state index in [9.17, 15) is 15.8 Å². The number of benzene rings is 1. The first kappa shape index (κ1) is 17.8. The summed E-state index contributed by atoms with van der Waals surface area (Å²) < 4.78 is 0. The molecule has 0 aromatic heterocycles. The van der Waals surface area contributed by atoms with E-state index in [0.717, 1.165) is 47.1 Å². The molecule has 4 heteroatoms. The first-order valence-corrected chi connectivity index (χ1v) is 8.92. The Balaban J connectivity index is 2.41. The molecule has 0 aliphatic heterocycles. The lowest BCUT2D eigenvalue weighted by atomic mass is 9.56. The molecule has 0 radical (unpaired) electrons. The van der Waals surface area contributed by atoms with E-state index < -0.39 is 5.41 Å². The Morgan fingerprint density at radius 1 is 1.08 bits per heavy atom. The Labute approximate surface area is 154 Å². The lowest BCUT2D eigenvalue weighted by Crippen LogP contribution is -2.43. The van der Waals surface area contributed by atoms with Crippen molar-refractivity contribution in [3.05, 3.63) is 57.3 Å². The van der Waals surface area contributed by atoms with Gasteiger partial charge in [-0.2, -0.15) is 15.8 Å². The highest BCUT2D eigenvalue weighted by Gasteiger charge is 2.54. The molecular formula is C22H22N4. The Morgan fingerprint density at radius 3 is 2.23 bits per heavy atom. The molecule has 0 unspecified atom stereocenters. The van der Waals surface area contributed by atoms with Crippen LogP contribution in [0.2, 0.25) is 0 Å². The van der Waals surface area contributed by atoms with E-state index in [1.54, 1.807) is 0 Å². The van der Waals surface area contributed by atoms with Gasteiger partial charge in [-0.05, 0) is 68.2 Å². The highest BCUT2D eigenvalue weighted by atomic mass is 14.7. The van der Waals surface area contributed by atoms with Gasteiger partial charge in [0.1, 0.15) is 6.07 Å². The van der Waals surface area contributed by atoms with Crippen LogP contribution in [0.15, 0.2) is 35.1 Å². The van der Waals surface area contributed by atoms with Crippen molar-refractivity contribution >= 4 is 0 Å².